The third-order valence-corrected chi connectivity index (χ3v) is 6.16. The van der Waals surface area contributed by atoms with Gasteiger partial charge < -0.3 is 4.90 Å². The monoisotopic (exact) mass is 372 g/mol. The summed E-state index contributed by atoms with van der Waals surface area (Å²) in [6.45, 7) is 3.04. The van der Waals surface area contributed by atoms with E-state index in [0.717, 1.165) is 24.8 Å². The fourth-order valence-electron chi connectivity index (χ4n) is 3.24. The molecule has 26 heavy (non-hydrogen) atoms. The predicted octanol–water partition coefficient (Wildman–Crippen LogP) is 3.35. The second-order valence-corrected chi connectivity index (χ2v) is 8.53. The number of sulfonamides is 1. The van der Waals surface area contributed by atoms with E-state index in [4.69, 9.17) is 0 Å². The summed E-state index contributed by atoms with van der Waals surface area (Å²) < 4.78 is 26.9. The first-order valence-corrected chi connectivity index (χ1v) is 10.3. The van der Waals surface area contributed by atoms with Gasteiger partial charge in [0.05, 0.1) is 4.90 Å². The lowest BCUT2D eigenvalue weighted by Gasteiger charge is -2.32. The molecule has 0 spiro atoms. The quantitative estimate of drug-likeness (QED) is 0.895. The minimum absolute atomic E-state index is 0.107. The molecule has 1 heterocycles. The summed E-state index contributed by atoms with van der Waals surface area (Å²) in [4.78, 5) is 14.1. The van der Waals surface area contributed by atoms with Crippen molar-refractivity contribution in [2.24, 2.45) is 5.92 Å². The fraction of sp³-hybridized carbons (Fsp3) is 0.350. The van der Waals surface area contributed by atoms with Gasteiger partial charge in [-0.3, -0.25) is 0 Å². The molecule has 0 radical (unpaired) electrons. The summed E-state index contributed by atoms with van der Waals surface area (Å²) in [5, 5.41) is 0. The van der Waals surface area contributed by atoms with Crippen LogP contribution in [0.25, 0.3) is 0 Å². The molecule has 1 aliphatic rings. The van der Waals surface area contributed by atoms with E-state index in [2.05, 4.69) is 16.9 Å². The molecule has 2 aromatic carbocycles. The van der Waals surface area contributed by atoms with Crippen molar-refractivity contribution >= 4 is 16.1 Å². The van der Waals surface area contributed by atoms with Gasteiger partial charge in [0.15, 0.2) is 0 Å². The molecule has 2 aromatic rings. The van der Waals surface area contributed by atoms with Gasteiger partial charge in [-0.1, -0.05) is 48.0 Å². The van der Waals surface area contributed by atoms with Gasteiger partial charge in [-0.25, -0.2) is 17.9 Å². The van der Waals surface area contributed by atoms with Crippen molar-refractivity contribution in [3.63, 3.8) is 0 Å². The summed E-state index contributed by atoms with van der Waals surface area (Å²) in [6.07, 6.45) is 2.76. The Morgan fingerprint density at radius 2 is 1.65 bits per heavy atom. The third-order valence-electron chi connectivity index (χ3n) is 4.82. The maximum absolute atomic E-state index is 12.4. The second kappa shape index (κ2) is 7.91. The van der Waals surface area contributed by atoms with E-state index in [-0.39, 0.29) is 4.90 Å². The third kappa shape index (κ3) is 4.64. The maximum Gasteiger partial charge on any atom is 0.331 e. The van der Waals surface area contributed by atoms with Crippen molar-refractivity contribution in [1.29, 1.82) is 0 Å². The van der Waals surface area contributed by atoms with Gasteiger partial charge in [0.1, 0.15) is 0 Å². The minimum Gasteiger partial charge on any atom is -0.324 e. The van der Waals surface area contributed by atoms with Crippen molar-refractivity contribution in [2.45, 2.75) is 31.1 Å². The molecular formula is C20H24N2O3S. The molecular weight excluding hydrogens is 348 g/mol. The first kappa shape index (κ1) is 18.5. The van der Waals surface area contributed by atoms with E-state index in [0.29, 0.717) is 19.0 Å². The van der Waals surface area contributed by atoms with E-state index in [1.54, 1.807) is 17.0 Å². The van der Waals surface area contributed by atoms with Crippen molar-refractivity contribution in [3.8, 4) is 0 Å². The highest BCUT2D eigenvalue weighted by molar-refractivity contribution is 7.90. The number of rotatable bonds is 4. The summed E-state index contributed by atoms with van der Waals surface area (Å²) in [5.74, 6) is 0.523. The summed E-state index contributed by atoms with van der Waals surface area (Å²) in [7, 11) is -3.83. The minimum atomic E-state index is -3.83. The van der Waals surface area contributed by atoms with Crippen LogP contribution in [0.2, 0.25) is 0 Å². The van der Waals surface area contributed by atoms with Gasteiger partial charge in [-0.2, -0.15) is 0 Å². The number of likely N-dealkylation sites (tertiary alicyclic amines) is 1. The lowest BCUT2D eigenvalue weighted by atomic mass is 9.90. The molecule has 0 bridgehead atoms. The van der Waals surface area contributed by atoms with E-state index < -0.39 is 16.1 Å². The average molecular weight is 372 g/mol. The van der Waals surface area contributed by atoms with Gasteiger partial charge in [-0.15, -0.1) is 0 Å². The van der Waals surface area contributed by atoms with Crippen LogP contribution in [0.1, 0.15) is 24.0 Å². The number of hydrogen-bond acceptors (Lipinski definition) is 3. The van der Waals surface area contributed by atoms with Crippen molar-refractivity contribution < 1.29 is 13.2 Å². The van der Waals surface area contributed by atoms with Gasteiger partial charge in [0.25, 0.3) is 10.0 Å². The molecule has 0 atom stereocenters. The maximum atomic E-state index is 12.4. The average Bonchev–Trinajstić information content (AvgIpc) is 2.63. The smallest absolute Gasteiger partial charge is 0.324 e. The Bertz CT molecular complexity index is 840. The molecule has 0 unspecified atom stereocenters. The molecule has 6 heteroatoms. The van der Waals surface area contributed by atoms with E-state index in [1.165, 1.54) is 17.7 Å². The Morgan fingerprint density at radius 3 is 2.27 bits per heavy atom. The highest BCUT2D eigenvalue weighted by Crippen LogP contribution is 2.22. The molecule has 1 aliphatic heterocycles. The molecule has 2 amide bonds. The van der Waals surface area contributed by atoms with Crippen molar-refractivity contribution in [1.82, 2.24) is 9.62 Å². The largest absolute Gasteiger partial charge is 0.331 e. The fourth-order valence-corrected chi connectivity index (χ4v) is 4.21. The molecule has 0 aliphatic carbocycles. The van der Waals surface area contributed by atoms with E-state index in [1.807, 2.05) is 25.1 Å². The molecule has 5 nitrogen and oxygen atoms in total. The van der Waals surface area contributed by atoms with Crippen LogP contribution >= 0.6 is 0 Å². The highest BCUT2D eigenvalue weighted by Gasteiger charge is 2.26. The first-order chi connectivity index (χ1) is 12.4. The lowest BCUT2D eigenvalue weighted by molar-refractivity contribution is 0.175. The Kier molecular flexibility index (Phi) is 5.61. The van der Waals surface area contributed by atoms with Gasteiger partial charge in [0, 0.05) is 13.1 Å². The number of aryl methyl sites for hydroxylation is 1. The van der Waals surface area contributed by atoms with Crippen LogP contribution in [0, 0.1) is 12.8 Å². The number of amides is 2. The van der Waals surface area contributed by atoms with Gasteiger partial charge >= 0.3 is 6.03 Å². The van der Waals surface area contributed by atoms with E-state index >= 15 is 0 Å². The van der Waals surface area contributed by atoms with Crippen LogP contribution < -0.4 is 4.72 Å². The molecule has 0 aromatic heterocycles. The summed E-state index contributed by atoms with van der Waals surface area (Å²) >= 11 is 0. The number of nitrogens with one attached hydrogen (secondary N) is 1. The number of carbonyl (C=O) groups excluding carboxylic acids is 1. The normalized spacial score (nSPS) is 15.7. The topological polar surface area (TPSA) is 66.5 Å². The first-order valence-electron chi connectivity index (χ1n) is 8.86. The molecule has 1 N–H and O–H groups in total. The standard InChI is InChI=1S/C20H24N2O3S/c1-16-7-9-19(10-8-16)26(24,25)21-20(23)22-13-11-18(12-14-22)15-17-5-3-2-4-6-17/h2-10,18H,11-15H2,1H3,(H,21,23). The number of benzene rings is 2. The van der Waals surface area contributed by atoms with Crippen LogP contribution in [0.5, 0.6) is 0 Å². The number of nitrogens with zero attached hydrogens (tertiary/aromatic N) is 1. The zero-order chi connectivity index (χ0) is 18.6. The van der Waals surface area contributed by atoms with Crippen LogP contribution in [0.4, 0.5) is 4.79 Å². The molecule has 1 fully saturated rings. The highest BCUT2D eigenvalue weighted by atomic mass is 32.2. The van der Waals surface area contributed by atoms with Crippen LogP contribution in [0.15, 0.2) is 59.5 Å². The summed E-state index contributed by atoms with van der Waals surface area (Å²) in [6, 6.07) is 16.2. The van der Waals surface area contributed by atoms with Crippen molar-refractivity contribution in [2.75, 3.05) is 13.1 Å². The molecule has 0 saturated carbocycles. The number of hydrogen-bond donors (Lipinski definition) is 1. The molecule has 138 valence electrons. The predicted molar refractivity (Wildman–Crippen MR) is 101 cm³/mol. The van der Waals surface area contributed by atoms with Gasteiger partial charge in [-0.05, 0) is 49.8 Å². The van der Waals surface area contributed by atoms with Crippen LogP contribution in [-0.2, 0) is 16.4 Å². The SMILES string of the molecule is Cc1ccc(S(=O)(=O)NC(=O)N2CCC(Cc3ccccc3)CC2)cc1. The van der Waals surface area contributed by atoms with E-state index in [9.17, 15) is 13.2 Å². The van der Waals surface area contributed by atoms with Crippen LogP contribution in [0.3, 0.4) is 0 Å². The Hall–Kier alpha value is -2.34. The zero-order valence-electron chi connectivity index (χ0n) is 14.9. The molecule has 3 rings (SSSR count). The van der Waals surface area contributed by atoms with Crippen molar-refractivity contribution in [3.05, 3.63) is 65.7 Å². The lowest BCUT2D eigenvalue weighted by Crippen LogP contribution is -2.46. The van der Waals surface area contributed by atoms with Crippen LogP contribution in [-0.4, -0.2) is 32.4 Å². The number of urea groups is 1. The number of piperidine rings is 1. The Labute approximate surface area is 155 Å². The number of carbonyl (C=O) groups is 1. The Morgan fingerprint density at radius 1 is 1.04 bits per heavy atom. The second-order valence-electron chi connectivity index (χ2n) is 6.84. The zero-order valence-corrected chi connectivity index (χ0v) is 15.7. The van der Waals surface area contributed by atoms with Gasteiger partial charge in [0.2, 0.25) is 0 Å². The summed E-state index contributed by atoms with van der Waals surface area (Å²) in [5.41, 5.74) is 2.27. The molecule has 1 saturated heterocycles. The Balaban J connectivity index is 1.54.